The van der Waals surface area contributed by atoms with E-state index in [2.05, 4.69) is 5.32 Å². The van der Waals surface area contributed by atoms with E-state index >= 15 is 0 Å². The predicted molar refractivity (Wildman–Crippen MR) is 91.2 cm³/mol. The van der Waals surface area contributed by atoms with Crippen molar-refractivity contribution in [2.24, 2.45) is 5.92 Å². The zero-order chi connectivity index (χ0) is 18.8. The molecule has 26 heavy (non-hydrogen) atoms. The Labute approximate surface area is 151 Å². The van der Waals surface area contributed by atoms with Crippen molar-refractivity contribution in [2.75, 3.05) is 14.2 Å². The minimum atomic E-state index is -0.978. The van der Waals surface area contributed by atoms with Crippen LogP contribution >= 0.6 is 0 Å². The van der Waals surface area contributed by atoms with Crippen molar-refractivity contribution in [1.29, 1.82) is 0 Å². The summed E-state index contributed by atoms with van der Waals surface area (Å²) in [6.07, 6.45) is 4.20. The minimum Gasteiger partial charge on any atom is -0.468 e. The fraction of sp³-hybridized carbons (Fsp3) is 0.579. The van der Waals surface area contributed by atoms with Crippen molar-refractivity contribution in [3.05, 3.63) is 35.4 Å². The topological polar surface area (TPSA) is 58.6 Å². The van der Waals surface area contributed by atoms with Gasteiger partial charge in [0.2, 0.25) is 5.91 Å². The van der Waals surface area contributed by atoms with Gasteiger partial charge < -0.3 is 10.1 Å². The number of hydrogen-bond donors (Lipinski definition) is 1. The molecule has 1 aliphatic heterocycles. The molecule has 3 atom stereocenters. The third-order valence-electron chi connectivity index (χ3n) is 5.60. The summed E-state index contributed by atoms with van der Waals surface area (Å²) in [4.78, 5) is 26.6. The van der Waals surface area contributed by atoms with Gasteiger partial charge in [-0.15, -0.1) is 0 Å². The minimum absolute atomic E-state index is 0.0884. The highest BCUT2D eigenvalue weighted by atomic mass is 19.2. The Hall–Kier alpha value is -2.02. The molecular formula is C19H24F2N2O3. The first-order chi connectivity index (χ1) is 12.4. The molecule has 3 rings (SSSR count). The molecule has 1 N–H and O–H groups in total. The van der Waals surface area contributed by atoms with Crippen LogP contribution in [0.4, 0.5) is 8.78 Å². The lowest BCUT2D eigenvalue weighted by molar-refractivity contribution is -0.145. The number of nitrogens with zero attached hydrogens (tertiary/aromatic N) is 1. The third kappa shape index (κ3) is 3.45. The molecule has 0 radical (unpaired) electrons. The van der Waals surface area contributed by atoms with Crippen LogP contribution in [0.3, 0.4) is 0 Å². The molecular weight excluding hydrogens is 342 g/mol. The van der Waals surface area contributed by atoms with Crippen LogP contribution in [-0.2, 0) is 14.3 Å². The van der Waals surface area contributed by atoms with Gasteiger partial charge in [-0.25, -0.2) is 8.78 Å². The van der Waals surface area contributed by atoms with Crippen molar-refractivity contribution in [3.63, 3.8) is 0 Å². The fourth-order valence-corrected chi connectivity index (χ4v) is 4.23. The molecule has 1 saturated carbocycles. The first-order valence-corrected chi connectivity index (χ1v) is 8.98. The van der Waals surface area contributed by atoms with E-state index in [0.717, 1.165) is 31.7 Å². The Morgan fingerprint density at radius 1 is 1.23 bits per heavy atom. The lowest BCUT2D eigenvalue weighted by atomic mass is 9.91. The van der Waals surface area contributed by atoms with E-state index in [1.807, 2.05) is 0 Å². The molecule has 0 spiro atoms. The number of likely N-dealkylation sites (tertiary alicyclic amines) is 1. The summed E-state index contributed by atoms with van der Waals surface area (Å²) in [6, 6.07) is 2.64. The van der Waals surface area contributed by atoms with E-state index in [0.29, 0.717) is 0 Å². The predicted octanol–water partition coefficient (Wildman–Crippen LogP) is 2.56. The van der Waals surface area contributed by atoms with Gasteiger partial charge in [-0.1, -0.05) is 25.0 Å². The second-order valence-electron chi connectivity index (χ2n) is 7.12. The summed E-state index contributed by atoms with van der Waals surface area (Å²) in [5.74, 6) is -3.30. The Bertz CT molecular complexity index is 691. The summed E-state index contributed by atoms with van der Waals surface area (Å²) in [7, 11) is 2.92. The van der Waals surface area contributed by atoms with Gasteiger partial charge >= 0.3 is 5.97 Å². The summed E-state index contributed by atoms with van der Waals surface area (Å²) in [5, 5.41) is 3.02. The highest BCUT2D eigenvalue weighted by Gasteiger charge is 2.48. The molecule has 1 aliphatic carbocycles. The quantitative estimate of drug-likeness (QED) is 0.832. The number of methoxy groups -OCH3 is 1. The smallest absolute Gasteiger partial charge is 0.323 e. The number of ether oxygens (including phenoxy) is 1. The van der Waals surface area contributed by atoms with Crippen LogP contribution in [-0.4, -0.2) is 43.0 Å². The van der Waals surface area contributed by atoms with Gasteiger partial charge in [-0.3, -0.25) is 14.5 Å². The number of benzene rings is 1. The van der Waals surface area contributed by atoms with Gasteiger partial charge in [0, 0.05) is 11.6 Å². The average Bonchev–Trinajstić information content (AvgIpc) is 3.24. The van der Waals surface area contributed by atoms with Crippen molar-refractivity contribution in [2.45, 2.75) is 50.2 Å². The first-order valence-electron chi connectivity index (χ1n) is 8.98. The van der Waals surface area contributed by atoms with Crippen molar-refractivity contribution >= 4 is 11.9 Å². The molecule has 7 heteroatoms. The number of amides is 1. The average molecular weight is 366 g/mol. The molecule has 2 aliphatic rings. The van der Waals surface area contributed by atoms with E-state index in [4.69, 9.17) is 4.74 Å². The highest BCUT2D eigenvalue weighted by molar-refractivity contribution is 5.83. The summed E-state index contributed by atoms with van der Waals surface area (Å²) in [6.45, 7) is 0. The van der Waals surface area contributed by atoms with Gasteiger partial charge in [0.1, 0.15) is 6.04 Å². The first kappa shape index (κ1) is 18.8. The highest BCUT2D eigenvalue weighted by Crippen LogP contribution is 2.42. The maximum Gasteiger partial charge on any atom is 0.323 e. The largest absolute Gasteiger partial charge is 0.468 e. The van der Waals surface area contributed by atoms with Crippen LogP contribution in [0.25, 0.3) is 0 Å². The number of rotatable bonds is 4. The Kier molecular flexibility index (Phi) is 5.55. The van der Waals surface area contributed by atoms with Crippen LogP contribution in [0.5, 0.6) is 0 Å². The van der Waals surface area contributed by atoms with Crippen molar-refractivity contribution in [1.82, 2.24) is 10.2 Å². The zero-order valence-corrected chi connectivity index (χ0v) is 15.0. The van der Waals surface area contributed by atoms with Gasteiger partial charge in [0.15, 0.2) is 11.6 Å². The Morgan fingerprint density at radius 3 is 2.58 bits per heavy atom. The molecule has 0 bridgehead atoms. The number of carbonyl (C=O) groups is 2. The molecule has 1 amide bonds. The van der Waals surface area contributed by atoms with Gasteiger partial charge in [0.25, 0.3) is 0 Å². The SMILES string of the molecule is COC(=O)[C@@H]1C[C@H](C(=O)NC2CCCC2)[C@H](c2cccc(F)c2F)N1C. The monoisotopic (exact) mass is 366 g/mol. The molecule has 1 heterocycles. The standard InChI is InChI=1S/C19H24F2N2O3/c1-23-15(19(25)26-2)10-13(18(24)22-11-6-3-4-7-11)17(23)12-8-5-9-14(20)16(12)21/h5,8-9,11,13,15,17H,3-4,6-7,10H2,1-2H3,(H,22,24)/t13-,15-,17-/m0/s1. The van der Waals surface area contributed by atoms with Crippen LogP contribution in [0.2, 0.25) is 0 Å². The number of nitrogens with one attached hydrogen (secondary N) is 1. The summed E-state index contributed by atoms with van der Waals surface area (Å²) in [5.41, 5.74) is 0.0884. The zero-order valence-electron chi connectivity index (χ0n) is 15.0. The molecule has 0 unspecified atom stereocenters. The third-order valence-corrected chi connectivity index (χ3v) is 5.60. The summed E-state index contributed by atoms with van der Waals surface area (Å²) < 4.78 is 33.0. The Balaban J connectivity index is 1.91. The van der Waals surface area contributed by atoms with E-state index in [1.54, 1.807) is 11.9 Å². The van der Waals surface area contributed by atoms with E-state index < -0.39 is 35.6 Å². The second kappa shape index (κ2) is 7.70. The lowest BCUT2D eigenvalue weighted by Crippen LogP contribution is -2.39. The van der Waals surface area contributed by atoms with Gasteiger partial charge in [-0.2, -0.15) is 0 Å². The molecule has 142 valence electrons. The van der Waals surface area contributed by atoms with Crippen molar-refractivity contribution < 1.29 is 23.1 Å². The molecule has 5 nitrogen and oxygen atoms in total. The number of esters is 1. The van der Waals surface area contributed by atoms with Crippen LogP contribution in [0.15, 0.2) is 18.2 Å². The molecule has 1 aromatic rings. The summed E-state index contributed by atoms with van der Waals surface area (Å²) >= 11 is 0. The van der Waals surface area contributed by atoms with Crippen LogP contribution in [0, 0.1) is 17.6 Å². The lowest BCUT2D eigenvalue weighted by Gasteiger charge is -2.27. The molecule has 1 saturated heterocycles. The number of carbonyl (C=O) groups excluding carboxylic acids is 2. The fourth-order valence-electron chi connectivity index (χ4n) is 4.23. The number of likely N-dealkylation sites (N-methyl/N-ethyl adjacent to an activating group) is 1. The maximum atomic E-state index is 14.4. The van der Waals surface area contributed by atoms with Crippen LogP contribution in [0.1, 0.15) is 43.7 Å². The number of hydrogen-bond acceptors (Lipinski definition) is 4. The normalized spacial score (nSPS) is 26.8. The second-order valence-corrected chi connectivity index (χ2v) is 7.12. The molecule has 2 fully saturated rings. The van der Waals surface area contributed by atoms with E-state index in [1.165, 1.54) is 19.2 Å². The maximum absolute atomic E-state index is 14.4. The van der Waals surface area contributed by atoms with Crippen molar-refractivity contribution in [3.8, 4) is 0 Å². The van der Waals surface area contributed by atoms with Gasteiger partial charge in [0.05, 0.1) is 19.1 Å². The van der Waals surface area contributed by atoms with Gasteiger partial charge in [-0.05, 0) is 32.4 Å². The molecule has 0 aromatic heterocycles. The van der Waals surface area contributed by atoms with Crippen LogP contribution < -0.4 is 5.32 Å². The van der Waals surface area contributed by atoms with E-state index in [-0.39, 0.29) is 23.9 Å². The number of halogens is 2. The molecule has 1 aromatic carbocycles. The Morgan fingerprint density at radius 2 is 1.92 bits per heavy atom. The van der Waals surface area contributed by atoms with E-state index in [9.17, 15) is 18.4 Å².